The number of pyridine rings is 1. The number of hydrogen-bond acceptors (Lipinski definition) is 6. The normalized spacial score (nSPS) is 20.4. The molecule has 0 bridgehead atoms. The first-order chi connectivity index (χ1) is 13.6. The minimum Gasteiger partial charge on any atom is -0.368 e. The predicted octanol–water partition coefficient (Wildman–Crippen LogP) is 3.12. The van der Waals surface area contributed by atoms with Crippen LogP contribution in [0.1, 0.15) is 48.7 Å². The van der Waals surface area contributed by atoms with Crippen molar-refractivity contribution in [2.75, 3.05) is 25.0 Å². The molecular formula is C21H27N5O2. The van der Waals surface area contributed by atoms with Gasteiger partial charge in [0.15, 0.2) is 0 Å². The Kier molecular flexibility index (Phi) is 5.52. The third kappa shape index (κ3) is 4.30. The number of carbonyl (C=O) groups excluding carboxylic acids is 1. The fourth-order valence-electron chi connectivity index (χ4n) is 4.00. The van der Waals surface area contributed by atoms with Crippen LogP contribution in [0.3, 0.4) is 0 Å². The number of aryl methyl sites for hydroxylation is 2. The Morgan fingerprint density at radius 3 is 2.50 bits per heavy atom. The number of aromatic nitrogens is 3. The molecule has 2 aromatic rings. The number of rotatable bonds is 4. The molecule has 2 aromatic heterocycles. The zero-order chi connectivity index (χ0) is 19.5. The summed E-state index contributed by atoms with van der Waals surface area (Å²) in [6, 6.07) is 6.03. The van der Waals surface area contributed by atoms with E-state index in [0.29, 0.717) is 18.5 Å². The Labute approximate surface area is 165 Å². The minimum absolute atomic E-state index is 0.164. The monoisotopic (exact) mass is 381 g/mol. The van der Waals surface area contributed by atoms with Crippen molar-refractivity contribution >= 4 is 17.5 Å². The van der Waals surface area contributed by atoms with Crippen molar-refractivity contribution in [1.82, 2.24) is 19.9 Å². The lowest BCUT2D eigenvalue weighted by atomic mass is 9.92. The SMILES string of the molecule is Cc1cc(C)nc(Nc2ccc(C3CCN(C(=O)C4CCCO4)CC3)nc2)n1. The first kappa shape index (κ1) is 18.8. The van der Waals surface area contributed by atoms with Gasteiger partial charge in [0, 0.05) is 42.7 Å². The van der Waals surface area contributed by atoms with Crippen LogP contribution in [0.25, 0.3) is 0 Å². The van der Waals surface area contributed by atoms with Crippen molar-refractivity contribution in [2.45, 2.75) is 51.6 Å². The standard InChI is InChI=1S/C21H27N5O2/c1-14-12-15(2)24-21(23-14)25-17-5-6-18(22-13-17)16-7-9-26(10-8-16)20(27)19-4-3-11-28-19/h5-6,12-13,16,19H,3-4,7-11H2,1-2H3,(H,23,24,25). The van der Waals surface area contributed by atoms with Gasteiger partial charge in [-0.3, -0.25) is 9.78 Å². The van der Waals surface area contributed by atoms with E-state index in [2.05, 4.69) is 26.3 Å². The largest absolute Gasteiger partial charge is 0.368 e. The molecule has 7 heteroatoms. The van der Waals surface area contributed by atoms with Gasteiger partial charge in [-0.25, -0.2) is 9.97 Å². The average Bonchev–Trinajstić information content (AvgIpc) is 3.22. The predicted molar refractivity (Wildman–Crippen MR) is 107 cm³/mol. The number of amides is 1. The maximum absolute atomic E-state index is 12.5. The second-order valence-corrected chi connectivity index (χ2v) is 7.67. The van der Waals surface area contributed by atoms with Crippen LogP contribution in [0.15, 0.2) is 24.4 Å². The van der Waals surface area contributed by atoms with Crippen molar-refractivity contribution in [3.8, 4) is 0 Å². The molecule has 0 aromatic carbocycles. The van der Waals surface area contributed by atoms with Crippen molar-refractivity contribution in [2.24, 2.45) is 0 Å². The molecule has 0 radical (unpaired) electrons. The summed E-state index contributed by atoms with van der Waals surface area (Å²) in [6.07, 6.45) is 5.35. The second kappa shape index (κ2) is 8.22. The summed E-state index contributed by atoms with van der Waals surface area (Å²) >= 11 is 0. The van der Waals surface area contributed by atoms with Crippen LogP contribution >= 0.6 is 0 Å². The van der Waals surface area contributed by atoms with Crippen molar-refractivity contribution < 1.29 is 9.53 Å². The Morgan fingerprint density at radius 2 is 1.89 bits per heavy atom. The van der Waals surface area contributed by atoms with E-state index in [1.807, 2.05) is 37.1 Å². The van der Waals surface area contributed by atoms with Crippen molar-refractivity contribution in [3.63, 3.8) is 0 Å². The number of ether oxygens (including phenoxy) is 1. The Hall–Kier alpha value is -2.54. The van der Waals surface area contributed by atoms with E-state index in [1.54, 1.807) is 0 Å². The lowest BCUT2D eigenvalue weighted by Crippen LogP contribution is -2.43. The van der Waals surface area contributed by atoms with Gasteiger partial charge in [-0.2, -0.15) is 0 Å². The molecule has 0 spiro atoms. The molecular weight excluding hydrogens is 354 g/mol. The van der Waals surface area contributed by atoms with Crippen LogP contribution in [-0.4, -0.2) is 51.6 Å². The van der Waals surface area contributed by atoms with Gasteiger partial charge in [-0.05, 0) is 57.7 Å². The van der Waals surface area contributed by atoms with Crippen molar-refractivity contribution in [3.05, 3.63) is 41.5 Å². The number of piperidine rings is 1. The summed E-state index contributed by atoms with van der Waals surface area (Å²) in [7, 11) is 0. The Bertz CT molecular complexity index is 805. The zero-order valence-corrected chi connectivity index (χ0v) is 16.5. The Balaban J connectivity index is 1.33. The topological polar surface area (TPSA) is 80.2 Å². The van der Waals surface area contributed by atoms with E-state index in [-0.39, 0.29) is 12.0 Å². The zero-order valence-electron chi connectivity index (χ0n) is 16.5. The van der Waals surface area contributed by atoms with Gasteiger partial charge in [0.05, 0.1) is 11.9 Å². The summed E-state index contributed by atoms with van der Waals surface area (Å²) in [4.78, 5) is 27.9. The maximum Gasteiger partial charge on any atom is 0.251 e. The summed E-state index contributed by atoms with van der Waals surface area (Å²) in [5.41, 5.74) is 3.82. The molecule has 2 saturated heterocycles. The Morgan fingerprint density at radius 1 is 1.14 bits per heavy atom. The first-order valence-electron chi connectivity index (χ1n) is 10.0. The van der Waals surface area contributed by atoms with Gasteiger partial charge in [-0.1, -0.05) is 0 Å². The number of likely N-dealkylation sites (tertiary alicyclic amines) is 1. The van der Waals surface area contributed by atoms with Crippen LogP contribution < -0.4 is 5.32 Å². The molecule has 28 heavy (non-hydrogen) atoms. The van der Waals surface area contributed by atoms with Crippen LogP contribution in [-0.2, 0) is 9.53 Å². The molecule has 4 heterocycles. The van der Waals surface area contributed by atoms with Gasteiger partial charge >= 0.3 is 0 Å². The molecule has 148 valence electrons. The molecule has 2 aliphatic heterocycles. The molecule has 1 atom stereocenters. The first-order valence-corrected chi connectivity index (χ1v) is 10.0. The average molecular weight is 381 g/mol. The highest BCUT2D eigenvalue weighted by Gasteiger charge is 2.31. The number of hydrogen-bond donors (Lipinski definition) is 1. The van der Waals surface area contributed by atoms with Crippen LogP contribution in [0.5, 0.6) is 0 Å². The molecule has 7 nitrogen and oxygen atoms in total. The molecule has 2 fully saturated rings. The fraction of sp³-hybridized carbons (Fsp3) is 0.524. The third-order valence-corrected chi connectivity index (χ3v) is 5.45. The molecule has 0 saturated carbocycles. The van der Waals surface area contributed by atoms with Crippen molar-refractivity contribution in [1.29, 1.82) is 0 Å². The lowest BCUT2D eigenvalue weighted by Gasteiger charge is -2.33. The van der Waals surface area contributed by atoms with Gasteiger partial charge < -0.3 is 15.0 Å². The van der Waals surface area contributed by atoms with E-state index in [4.69, 9.17) is 4.74 Å². The maximum atomic E-state index is 12.5. The van der Waals surface area contributed by atoms with Gasteiger partial charge in [0.2, 0.25) is 5.95 Å². The molecule has 1 amide bonds. The summed E-state index contributed by atoms with van der Waals surface area (Å²) < 4.78 is 5.54. The van der Waals surface area contributed by atoms with Crippen LogP contribution in [0.2, 0.25) is 0 Å². The quantitative estimate of drug-likeness (QED) is 0.876. The second-order valence-electron chi connectivity index (χ2n) is 7.67. The van der Waals surface area contributed by atoms with E-state index in [9.17, 15) is 4.79 Å². The third-order valence-electron chi connectivity index (χ3n) is 5.45. The summed E-state index contributed by atoms with van der Waals surface area (Å²) in [5, 5.41) is 3.22. The molecule has 2 aliphatic rings. The number of nitrogens with zero attached hydrogens (tertiary/aromatic N) is 4. The van der Waals surface area contributed by atoms with Gasteiger partial charge in [-0.15, -0.1) is 0 Å². The molecule has 4 rings (SSSR count). The summed E-state index contributed by atoms with van der Waals surface area (Å²) in [5.74, 6) is 1.14. The van der Waals surface area contributed by atoms with E-state index in [1.165, 1.54) is 0 Å². The molecule has 0 aliphatic carbocycles. The van der Waals surface area contributed by atoms with Gasteiger partial charge in [0.25, 0.3) is 5.91 Å². The molecule has 1 N–H and O–H groups in total. The number of anilines is 2. The van der Waals surface area contributed by atoms with E-state index < -0.39 is 0 Å². The van der Waals surface area contributed by atoms with E-state index in [0.717, 1.165) is 61.5 Å². The summed E-state index contributed by atoms with van der Waals surface area (Å²) in [6.45, 7) is 6.18. The minimum atomic E-state index is -0.215. The smallest absolute Gasteiger partial charge is 0.251 e. The molecule has 1 unspecified atom stereocenters. The fourth-order valence-corrected chi connectivity index (χ4v) is 4.00. The number of nitrogens with one attached hydrogen (secondary N) is 1. The van der Waals surface area contributed by atoms with Gasteiger partial charge in [0.1, 0.15) is 6.10 Å². The highest BCUT2D eigenvalue weighted by molar-refractivity contribution is 5.81. The lowest BCUT2D eigenvalue weighted by molar-refractivity contribution is -0.142. The van der Waals surface area contributed by atoms with Crippen LogP contribution in [0.4, 0.5) is 11.6 Å². The highest BCUT2D eigenvalue weighted by atomic mass is 16.5. The van der Waals surface area contributed by atoms with Crippen LogP contribution in [0, 0.1) is 13.8 Å². The highest BCUT2D eigenvalue weighted by Crippen LogP contribution is 2.28. The number of carbonyl (C=O) groups is 1. The van der Waals surface area contributed by atoms with E-state index >= 15 is 0 Å².